The number of thiazole rings is 1. The smallest absolute Gasteiger partial charge is 0.0992 e. The van der Waals surface area contributed by atoms with E-state index in [-0.39, 0.29) is 17.9 Å². The fourth-order valence-electron chi connectivity index (χ4n) is 1.79. The molecule has 17 heavy (non-hydrogen) atoms. The number of hydrogen-bond acceptors (Lipinski definition) is 3. The lowest BCUT2D eigenvalue weighted by atomic mass is 9.98. The van der Waals surface area contributed by atoms with Crippen LogP contribution >= 0.6 is 11.3 Å². The first-order valence-electron chi connectivity index (χ1n) is 5.94. The van der Waals surface area contributed by atoms with Gasteiger partial charge >= 0.3 is 0 Å². The molecule has 1 atom stereocenters. The molecule has 1 aromatic carbocycles. The van der Waals surface area contributed by atoms with Gasteiger partial charge in [-0.15, -0.1) is 11.3 Å². The van der Waals surface area contributed by atoms with Crippen LogP contribution in [0.4, 0.5) is 0 Å². The molecule has 1 unspecified atom stereocenters. The van der Waals surface area contributed by atoms with Crippen molar-refractivity contribution in [3.8, 4) is 0 Å². The number of aliphatic hydroxyl groups excluding tert-OH is 1. The van der Waals surface area contributed by atoms with Crippen LogP contribution in [0.15, 0.2) is 18.2 Å². The highest BCUT2D eigenvalue weighted by atomic mass is 32.1. The number of para-hydroxylation sites is 1. The van der Waals surface area contributed by atoms with E-state index in [1.807, 2.05) is 6.92 Å². The zero-order chi connectivity index (χ0) is 12.6. The summed E-state index contributed by atoms with van der Waals surface area (Å²) in [5.41, 5.74) is 2.30. The first-order valence-corrected chi connectivity index (χ1v) is 6.76. The van der Waals surface area contributed by atoms with Crippen LogP contribution in [-0.4, -0.2) is 16.7 Å². The van der Waals surface area contributed by atoms with Gasteiger partial charge < -0.3 is 5.11 Å². The van der Waals surface area contributed by atoms with E-state index in [1.54, 1.807) is 11.3 Å². The Hall–Kier alpha value is -0.930. The average Bonchev–Trinajstić information content (AvgIpc) is 2.71. The van der Waals surface area contributed by atoms with Crippen LogP contribution in [0.5, 0.6) is 0 Å². The molecule has 0 saturated heterocycles. The number of hydrogen-bond donors (Lipinski definition) is 1. The molecule has 0 aliphatic rings. The van der Waals surface area contributed by atoms with Crippen molar-refractivity contribution < 1.29 is 5.11 Å². The van der Waals surface area contributed by atoms with Crippen molar-refractivity contribution in [2.45, 2.75) is 39.0 Å². The molecule has 0 spiro atoms. The van der Waals surface area contributed by atoms with E-state index in [9.17, 15) is 5.11 Å². The highest BCUT2D eigenvalue weighted by Crippen LogP contribution is 2.34. The van der Waals surface area contributed by atoms with E-state index in [0.29, 0.717) is 0 Å². The molecular weight excluding hydrogens is 230 g/mol. The van der Waals surface area contributed by atoms with E-state index in [1.165, 1.54) is 4.70 Å². The summed E-state index contributed by atoms with van der Waals surface area (Å²) in [6.07, 6.45) is 0. The summed E-state index contributed by atoms with van der Waals surface area (Å²) in [5.74, 6) is 0.147. The summed E-state index contributed by atoms with van der Waals surface area (Å²) in [6.45, 7) is 8.74. The Bertz CT molecular complexity index is 524. The minimum Gasteiger partial charge on any atom is -0.396 e. The van der Waals surface area contributed by atoms with Gasteiger partial charge in [0, 0.05) is 17.9 Å². The van der Waals surface area contributed by atoms with Crippen molar-refractivity contribution in [2.24, 2.45) is 0 Å². The fraction of sp³-hybridized carbons (Fsp3) is 0.500. The molecule has 1 aromatic heterocycles. The third-order valence-corrected chi connectivity index (χ3v) is 4.34. The topological polar surface area (TPSA) is 33.1 Å². The molecule has 0 aliphatic heterocycles. The molecular formula is C14H19NOS. The minimum absolute atomic E-state index is 0.0867. The van der Waals surface area contributed by atoms with Gasteiger partial charge in [-0.1, -0.05) is 39.8 Å². The maximum atomic E-state index is 9.29. The van der Waals surface area contributed by atoms with Crippen LogP contribution in [0.3, 0.4) is 0 Å². The molecule has 0 radical (unpaired) electrons. The van der Waals surface area contributed by atoms with Gasteiger partial charge in [0.05, 0.1) is 15.2 Å². The van der Waals surface area contributed by atoms with Crippen LogP contribution < -0.4 is 0 Å². The second-order valence-corrected chi connectivity index (χ2v) is 6.58. The lowest BCUT2D eigenvalue weighted by molar-refractivity contribution is 0.273. The van der Waals surface area contributed by atoms with Gasteiger partial charge in [0.1, 0.15) is 0 Å². The SMILES string of the molecule is CC(CO)c1cccc2sc(C(C)(C)C)nc12. The van der Waals surface area contributed by atoms with Crippen molar-refractivity contribution in [1.29, 1.82) is 0 Å². The minimum atomic E-state index is 0.0867. The average molecular weight is 249 g/mol. The molecule has 2 rings (SSSR count). The molecule has 0 amide bonds. The molecule has 2 nitrogen and oxygen atoms in total. The summed E-state index contributed by atoms with van der Waals surface area (Å²) in [6, 6.07) is 6.22. The first kappa shape index (κ1) is 12.5. The van der Waals surface area contributed by atoms with Crippen molar-refractivity contribution in [3.05, 3.63) is 28.8 Å². The predicted molar refractivity (Wildman–Crippen MR) is 73.8 cm³/mol. The molecule has 0 saturated carbocycles. The number of aromatic nitrogens is 1. The van der Waals surface area contributed by atoms with Crippen molar-refractivity contribution in [1.82, 2.24) is 4.98 Å². The van der Waals surface area contributed by atoms with E-state index in [2.05, 4.69) is 39.0 Å². The lowest BCUT2D eigenvalue weighted by Crippen LogP contribution is -2.10. The quantitative estimate of drug-likeness (QED) is 0.880. The second kappa shape index (κ2) is 4.39. The number of rotatable bonds is 2. The Labute approximate surface area is 106 Å². The highest BCUT2D eigenvalue weighted by Gasteiger charge is 2.20. The Morgan fingerprint density at radius 3 is 2.65 bits per heavy atom. The normalized spacial score (nSPS) is 14.2. The van der Waals surface area contributed by atoms with Crippen molar-refractivity contribution in [2.75, 3.05) is 6.61 Å². The number of benzene rings is 1. The zero-order valence-corrected chi connectivity index (χ0v) is 11.6. The van der Waals surface area contributed by atoms with Gasteiger partial charge in [-0.05, 0) is 11.6 Å². The van der Waals surface area contributed by atoms with Gasteiger partial charge in [-0.25, -0.2) is 4.98 Å². The van der Waals surface area contributed by atoms with Crippen LogP contribution in [0, 0.1) is 0 Å². The molecule has 1 N–H and O–H groups in total. The van der Waals surface area contributed by atoms with Crippen molar-refractivity contribution >= 4 is 21.6 Å². The molecule has 92 valence electrons. The summed E-state index contributed by atoms with van der Waals surface area (Å²) in [4.78, 5) is 4.76. The first-order chi connectivity index (χ1) is 7.93. The lowest BCUT2D eigenvalue weighted by Gasteiger charge is -2.13. The van der Waals surface area contributed by atoms with Crippen LogP contribution in [0.2, 0.25) is 0 Å². The van der Waals surface area contributed by atoms with Gasteiger partial charge in [-0.3, -0.25) is 0 Å². The van der Waals surface area contributed by atoms with Crippen molar-refractivity contribution in [3.63, 3.8) is 0 Å². The van der Waals surface area contributed by atoms with Gasteiger partial charge in [0.15, 0.2) is 0 Å². The molecule has 2 aromatic rings. The standard InChI is InChI=1S/C14H19NOS/c1-9(8-16)10-6-5-7-11-12(10)15-13(17-11)14(2,3)4/h5-7,9,16H,8H2,1-4H3. The number of nitrogens with zero attached hydrogens (tertiary/aromatic N) is 1. The third-order valence-electron chi connectivity index (χ3n) is 2.90. The number of fused-ring (bicyclic) bond motifs is 1. The molecule has 0 bridgehead atoms. The fourth-order valence-corrected chi connectivity index (χ4v) is 2.84. The summed E-state index contributed by atoms with van der Waals surface area (Å²) in [7, 11) is 0. The maximum Gasteiger partial charge on any atom is 0.0992 e. The summed E-state index contributed by atoms with van der Waals surface area (Å²) in [5, 5.41) is 10.4. The Kier molecular flexibility index (Phi) is 3.23. The molecule has 0 aliphatic carbocycles. The van der Waals surface area contributed by atoms with Gasteiger partial charge in [0.25, 0.3) is 0 Å². The summed E-state index contributed by atoms with van der Waals surface area (Å²) >= 11 is 1.75. The molecule has 1 heterocycles. The third kappa shape index (κ3) is 2.35. The Balaban J connectivity index is 2.61. The summed E-state index contributed by atoms with van der Waals surface area (Å²) < 4.78 is 1.22. The van der Waals surface area contributed by atoms with E-state index in [0.717, 1.165) is 16.1 Å². The largest absolute Gasteiger partial charge is 0.396 e. The molecule has 0 fully saturated rings. The Morgan fingerprint density at radius 2 is 2.06 bits per heavy atom. The molecule has 3 heteroatoms. The highest BCUT2D eigenvalue weighted by molar-refractivity contribution is 7.18. The monoisotopic (exact) mass is 249 g/mol. The van der Waals surface area contributed by atoms with Crippen LogP contribution in [-0.2, 0) is 5.41 Å². The van der Waals surface area contributed by atoms with Gasteiger partial charge in [0.2, 0.25) is 0 Å². The second-order valence-electron chi connectivity index (χ2n) is 5.55. The van der Waals surface area contributed by atoms with Crippen LogP contribution in [0.25, 0.3) is 10.2 Å². The zero-order valence-electron chi connectivity index (χ0n) is 10.8. The van der Waals surface area contributed by atoms with Gasteiger partial charge in [-0.2, -0.15) is 0 Å². The Morgan fingerprint density at radius 1 is 1.35 bits per heavy atom. The van der Waals surface area contributed by atoms with E-state index < -0.39 is 0 Å². The van der Waals surface area contributed by atoms with Crippen LogP contribution in [0.1, 0.15) is 44.2 Å². The van der Waals surface area contributed by atoms with E-state index in [4.69, 9.17) is 4.98 Å². The van der Waals surface area contributed by atoms with E-state index >= 15 is 0 Å². The predicted octanol–water partition coefficient (Wildman–Crippen LogP) is 3.69. The number of aliphatic hydroxyl groups is 1. The maximum absolute atomic E-state index is 9.29.